The van der Waals surface area contributed by atoms with Gasteiger partial charge >= 0.3 is 0 Å². The van der Waals surface area contributed by atoms with E-state index in [1.165, 1.54) is 0 Å². The number of aliphatic imine (C=N–C) groups is 1. The second kappa shape index (κ2) is 9.96. The summed E-state index contributed by atoms with van der Waals surface area (Å²) in [6, 6.07) is 18.2. The van der Waals surface area contributed by atoms with Crippen molar-refractivity contribution in [1.82, 2.24) is 15.6 Å². The van der Waals surface area contributed by atoms with Crippen LogP contribution in [0.15, 0.2) is 70.2 Å². The maximum absolute atomic E-state index is 5.81. The van der Waals surface area contributed by atoms with Gasteiger partial charge in [0.25, 0.3) is 0 Å². The molecule has 0 bridgehead atoms. The number of nitrogens with zero attached hydrogens (tertiary/aromatic N) is 2. The number of nitrogens with one attached hydrogen (secondary N) is 2. The Morgan fingerprint density at radius 3 is 2.27 bits per heavy atom. The molecule has 0 saturated heterocycles. The molecule has 0 aliphatic heterocycles. The van der Waals surface area contributed by atoms with Crippen LogP contribution in [-0.2, 0) is 25.1 Å². The second-order valence-electron chi connectivity index (χ2n) is 8.07. The summed E-state index contributed by atoms with van der Waals surface area (Å²) in [5.41, 5.74) is 2.24. The first-order chi connectivity index (χ1) is 14.4. The lowest BCUT2D eigenvalue weighted by Crippen LogP contribution is -2.36. The van der Waals surface area contributed by atoms with Crippen molar-refractivity contribution in [3.63, 3.8) is 0 Å². The minimum atomic E-state index is -0.0521. The minimum Gasteiger partial charge on any atom is -0.489 e. The van der Waals surface area contributed by atoms with Gasteiger partial charge < -0.3 is 19.8 Å². The van der Waals surface area contributed by atoms with E-state index in [2.05, 4.69) is 65.6 Å². The van der Waals surface area contributed by atoms with Gasteiger partial charge in [0.2, 0.25) is 5.89 Å². The lowest BCUT2D eigenvalue weighted by Gasteiger charge is -2.13. The summed E-state index contributed by atoms with van der Waals surface area (Å²) in [6.45, 7) is 8.00. The number of hydrogen-bond donors (Lipinski definition) is 2. The van der Waals surface area contributed by atoms with Gasteiger partial charge in [-0.1, -0.05) is 63.2 Å². The quantitative estimate of drug-likeness (QED) is 0.449. The molecule has 158 valence electrons. The first kappa shape index (κ1) is 21.4. The molecule has 0 aliphatic rings. The molecule has 0 fully saturated rings. The summed E-state index contributed by atoms with van der Waals surface area (Å²) in [7, 11) is 1.75. The number of aromatic nitrogens is 1. The highest BCUT2D eigenvalue weighted by Gasteiger charge is 2.19. The Hall–Kier alpha value is -3.28. The van der Waals surface area contributed by atoms with E-state index in [0.717, 1.165) is 22.6 Å². The number of benzene rings is 2. The Labute approximate surface area is 178 Å². The van der Waals surface area contributed by atoms with Crippen molar-refractivity contribution in [1.29, 1.82) is 0 Å². The van der Waals surface area contributed by atoms with Crippen LogP contribution in [0.4, 0.5) is 0 Å². The van der Waals surface area contributed by atoms with E-state index in [1.54, 1.807) is 13.2 Å². The second-order valence-corrected chi connectivity index (χ2v) is 8.07. The van der Waals surface area contributed by atoms with Crippen molar-refractivity contribution in [2.45, 2.75) is 45.9 Å². The van der Waals surface area contributed by atoms with Gasteiger partial charge in [0.05, 0.1) is 12.7 Å². The highest BCUT2D eigenvalue weighted by molar-refractivity contribution is 5.79. The summed E-state index contributed by atoms with van der Waals surface area (Å²) in [5.74, 6) is 3.09. The molecular formula is C24H30N4O2. The first-order valence-electron chi connectivity index (χ1n) is 10.1. The largest absolute Gasteiger partial charge is 0.489 e. The van der Waals surface area contributed by atoms with Crippen LogP contribution in [0.5, 0.6) is 5.75 Å². The van der Waals surface area contributed by atoms with Gasteiger partial charge in [-0.15, -0.1) is 0 Å². The molecule has 6 heteroatoms. The number of ether oxygens (including phenoxy) is 1. The third-order valence-electron chi connectivity index (χ3n) is 4.56. The molecule has 30 heavy (non-hydrogen) atoms. The summed E-state index contributed by atoms with van der Waals surface area (Å²) in [4.78, 5) is 8.59. The minimum absolute atomic E-state index is 0.0521. The molecular weight excluding hydrogens is 376 g/mol. The van der Waals surface area contributed by atoms with E-state index in [1.807, 2.05) is 30.3 Å². The number of hydrogen-bond acceptors (Lipinski definition) is 4. The average Bonchev–Trinajstić information content (AvgIpc) is 3.24. The molecule has 6 nitrogen and oxygen atoms in total. The molecule has 3 aromatic rings. The van der Waals surface area contributed by atoms with Crippen LogP contribution >= 0.6 is 0 Å². The van der Waals surface area contributed by atoms with Crippen molar-refractivity contribution < 1.29 is 9.15 Å². The van der Waals surface area contributed by atoms with Crippen molar-refractivity contribution in [2.24, 2.45) is 4.99 Å². The summed E-state index contributed by atoms with van der Waals surface area (Å²) >= 11 is 0. The zero-order chi connectivity index (χ0) is 21.4. The smallest absolute Gasteiger partial charge is 0.213 e. The average molecular weight is 407 g/mol. The molecule has 0 unspecified atom stereocenters. The Morgan fingerprint density at radius 2 is 1.63 bits per heavy atom. The standard InChI is InChI=1S/C24H30N4O2/c1-24(2,3)21-15-26-22(30-21)16-28-23(25-4)27-14-18-10-12-19(13-11-18)17-29-20-8-6-5-7-9-20/h5-13,15H,14,16-17H2,1-4H3,(H2,25,27,28). The maximum atomic E-state index is 5.81. The number of oxazole rings is 1. The van der Waals surface area contributed by atoms with Gasteiger partial charge in [-0.3, -0.25) is 4.99 Å². The SMILES string of the molecule is CN=C(NCc1ccc(COc2ccccc2)cc1)NCc1ncc(C(C)(C)C)o1. The summed E-state index contributed by atoms with van der Waals surface area (Å²) < 4.78 is 11.6. The first-order valence-corrected chi connectivity index (χ1v) is 10.1. The third kappa shape index (κ3) is 6.37. The highest BCUT2D eigenvalue weighted by Crippen LogP contribution is 2.22. The predicted octanol–water partition coefficient (Wildman–Crippen LogP) is 4.42. The summed E-state index contributed by atoms with van der Waals surface area (Å²) in [5, 5.41) is 6.54. The van der Waals surface area contributed by atoms with Crippen LogP contribution in [0, 0.1) is 0 Å². The van der Waals surface area contributed by atoms with Crippen LogP contribution in [0.25, 0.3) is 0 Å². The fourth-order valence-electron chi connectivity index (χ4n) is 2.74. The van der Waals surface area contributed by atoms with Gasteiger partial charge in [-0.05, 0) is 23.3 Å². The topological polar surface area (TPSA) is 71.7 Å². The van der Waals surface area contributed by atoms with Gasteiger partial charge in [0, 0.05) is 19.0 Å². The van der Waals surface area contributed by atoms with Crippen LogP contribution in [0.1, 0.15) is 43.5 Å². The molecule has 0 radical (unpaired) electrons. The molecule has 1 aromatic heterocycles. The van der Waals surface area contributed by atoms with E-state index < -0.39 is 0 Å². The molecule has 0 aliphatic carbocycles. The molecule has 3 rings (SSSR count). The molecule has 1 heterocycles. The lowest BCUT2D eigenvalue weighted by atomic mass is 9.94. The Bertz CT molecular complexity index is 941. The van der Waals surface area contributed by atoms with Gasteiger partial charge in [-0.25, -0.2) is 4.98 Å². The third-order valence-corrected chi connectivity index (χ3v) is 4.56. The number of para-hydroxylation sites is 1. The van der Waals surface area contributed by atoms with Crippen molar-refractivity contribution in [3.8, 4) is 5.75 Å². The monoisotopic (exact) mass is 406 g/mol. The molecule has 2 N–H and O–H groups in total. The molecule has 0 amide bonds. The molecule has 2 aromatic carbocycles. The number of rotatable bonds is 7. The van der Waals surface area contributed by atoms with E-state index in [4.69, 9.17) is 9.15 Å². The zero-order valence-electron chi connectivity index (χ0n) is 18.1. The van der Waals surface area contributed by atoms with Crippen LogP contribution < -0.4 is 15.4 Å². The van der Waals surface area contributed by atoms with Crippen LogP contribution in [0.2, 0.25) is 0 Å². The van der Waals surface area contributed by atoms with Gasteiger partial charge in [0.15, 0.2) is 5.96 Å². The fraction of sp³-hybridized carbons (Fsp3) is 0.333. The zero-order valence-corrected chi connectivity index (χ0v) is 18.1. The van der Waals surface area contributed by atoms with E-state index in [0.29, 0.717) is 31.5 Å². The Morgan fingerprint density at radius 1 is 0.967 bits per heavy atom. The van der Waals surface area contributed by atoms with E-state index in [9.17, 15) is 0 Å². The van der Waals surface area contributed by atoms with Crippen molar-refractivity contribution in [3.05, 3.63) is 83.6 Å². The maximum Gasteiger partial charge on any atom is 0.213 e. The van der Waals surface area contributed by atoms with Crippen LogP contribution in [0.3, 0.4) is 0 Å². The Balaban J connectivity index is 1.45. The lowest BCUT2D eigenvalue weighted by molar-refractivity contribution is 0.306. The fourth-order valence-corrected chi connectivity index (χ4v) is 2.74. The van der Waals surface area contributed by atoms with Gasteiger partial charge in [0.1, 0.15) is 18.1 Å². The van der Waals surface area contributed by atoms with Crippen LogP contribution in [-0.4, -0.2) is 18.0 Å². The predicted molar refractivity (Wildman–Crippen MR) is 119 cm³/mol. The Kier molecular flexibility index (Phi) is 7.12. The highest BCUT2D eigenvalue weighted by atomic mass is 16.5. The van der Waals surface area contributed by atoms with E-state index in [-0.39, 0.29) is 5.41 Å². The van der Waals surface area contributed by atoms with Crippen molar-refractivity contribution in [2.75, 3.05) is 7.05 Å². The normalized spacial score (nSPS) is 11.9. The van der Waals surface area contributed by atoms with Gasteiger partial charge in [-0.2, -0.15) is 0 Å². The molecule has 0 atom stereocenters. The molecule has 0 saturated carbocycles. The van der Waals surface area contributed by atoms with Crippen molar-refractivity contribution >= 4 is 5.96 Å². The van der Waals surface area contributed by atoms with E-state index >= 15 is 0 Å². The summed E-state index contributed by atoms with van der Waals surface area (Å²) in [6.07, 6.45) is 1.79. The molecule has 0 spiro atoms. The number of guanidine groups is 1.